The second-order valence-corrected chi connectivity index (χ2v) is 2.90. The third-order valence-electron chi connectivity index (χ3n) is 2.02. The molecule has 0 aromatic carbocycles. The van der Waals surface area contributed by atoms with Crippen LogP contribution in [0.4, 0.5) is 0 Å². The minimum Gasteiger partial charge on any atom is -0.305 e. The molecule has 6 nitrogen and oxygen atoms in total. The Morgan fingerprint density at radius 1 is 1.36 bits per heavy atom. The first-order valence-corrected chi connectivity index (χ1v) is 4.09. The van der Waals surface area contributed by atoms with Crippen molar-refractivity contribution in [3.63, 3.8) is 0 Å². The zero-order chi connectivity index (χ0) is 10.7. The van der Waals surface area contributed by atoms with Gasteiger partial charge in [-0.2, -0.15) is 5.48 Å². The highest BCUT2D eigenvalue weighted by atomic mass is 16.6. The summed E-state index contributed by atoms with van der Waals surface area (Å²) in [7, 11) is 4.52. The zero-order valence-corrected chi connectivity index (χ0v) is 8.40. The molecular weight excluding hydrogens is 186 g/mol. The molecule has 1 aromatic heterocycles. The second-order valence-electron chi connectivity index (χ2n) is 2.90. The van der Waals surface area contributed by atoms with Gasteiger partial charge in [-0.3, -0.25) is 13.9 Å². The Hall–Kier alpha value is -1.40. The molecule has 0 saturated carbocycles. The first kappa shape index (κ1) is 10.7. The lowest BCUT2D eigenvalue weighted by Gasteiger charge is -2.08. The Labute approximate surface area is 80.7 Å². The Balaban J connectivity index is 3.20. The molecule has 1 rings (SSSR count). The van der Waals surface area contributed by atoms with Gasteiger partial charge in [-0.1, -0.05) is 0 Å². The molecule has 0 aliphatic carbocycles. The molecule has 78 valence electrons. The van der Waals surface area contributed by atoms with Crippen molar-refractivity contribution < 1.29 is 4.84 Å². The Morgan fingerprint density at radius 3 is 2.57 bits per heavy atom. The predicted octanol–water partition coefficient (Wildman–Crippen LogP) is -1.26. The minimum absolute atomic E-state index is 0.318. The Kier molecular flexibility index (Phi) is 3.21. The number of hydroxylamine groups is 1. The Bertz CT molecular complexity index is 432. The van der Waals surface area contributed by atoms with Gasteiger partial charge in [0, 0.05) is 25.9 Å². The van der Waals surface area contributed by atoms with Crippen LogP contribution in [0, 0.1) is 0 Å². The van der Waals surface area contributed by atoms with Gasteiger partial charge in [0.2, 0.25) is 0 Å². The van der Waals surface area contributed by atoms with Crippen LogP contribution in [0.5, 0.6) is 0 Å². The molecule has 1 heterocycles. The van der Waals surface area contributed by atoms with Crippen molar-refractivity contribution in [2.24, 2.45) is 14.1 Å². The van der Waals surface area contributed by atoms with Crippen LogP contribution in [0.25, 0.3) is 0 Å². The lowest BCUT2D eigenvalue weighted by Crippen LogP contribution is -2.38. The molecule has 0 aliphatic heterocycles. The number of nitrogens with zero attached hydrogens (tertiary/aromatic N) is 2. The van der Waals surface area contributed by atoms with E-state index in [1.165, 1.54) is 24.8 Å². The summed E-state index contributed by atoms with van der Waals surface area (Å²) in [5, 5.41) is 0. The van der Waals surface area contributed by atoms with Crippen molar-refractivity contribution in [2.45, 2.75) is 6.54 Å². The maximum absolute atomic E-state index is 11.4. The molecule has 0 aliphatic rings. The SMILES string of the molecule is CONCc1cc(=O)n(C)c(=O)n1C. The lowest BCUT2D eigenvalue weighted by atomic mass is 10.4. The van der Waals surface area contributed by atoms with Gasteiger partial charge in [-0.05, 0) is 0 Å². The molecule has 1 aromatic rings. The van der Waals surface area contributed by atoms with E-state index in [0.717, 1.165) is 4.57 Å². The van der Waals surface area contributed by atoms with Crippen LogP contribution in [0.2, 0.25) is 0 Å². The highest BCUT2D eigenvalue weighted by molar-refractivity contribution is 5.01. The summed E-state index contributed by atoms with van der Waals surface area (Å²) in [6.07, 6.45) is 0. The van der Waals surface area contributed by atoms with Crippen LogP contribution >= 0.6 is 0 Å². The fourth-order valence-corrected chi connectivity index (χ4v) is 1.09. The largest absolute Gasteiger partial charge is 0.330 e. The molecule has 6 heteroatoms. The second kappa shape index (κ2) is 4.21. The van der Waals surface area contributed by atoms with E-state index in [1.54, 1.807) is 7.05 Å². The first-order valence-electron chi connectivity index (χ1n) is 4.09. The van der Waals surface area contributed by atoms with Crippen LogP contribution in [-0.4, -0.2) is 16.2 Å². The monoisotopic (exact) mass is 199 g/mol. The van der Waals surface area contributed by atoms with E-state index in [9.17, 15) is 9.59 Å². The summed E-state index contributed by atoms with van der Waals surface area (Å²) >= 11 is 0. The molecular formula is C8H13N3O3. The summed E-state index contributed by atoms with van der Waals surface area (Å²) in [5.41, 5.74) is 2.49. The standard InChI is InChI=1S/C8H13N3O3/c1-10-6(5-9-14-3)4-7(12)11(2)8(10)13/h4,9H,5H2,1-3H3. The van der Waals surface area contributed by atoms with E-state index in [0.29, 0.717) is 12.2 Å². The molecule has 0 unspecified atom stereocenters. The average molecular weight is 199 g/mol. The topological polar surface area (TPSA) is 65.3 Å². The summed E-state index contributed by atoms with van der Waals surface area (Å²) in [6, 6.07) is 1.40. The normalized spacial score (nSPS) is 10.5. The van der Waals surface area contributed by atoms with E-state index < -0.39 is 0 Å². The Morgan fingerprint density at radius 2 is 2.00 bits per heavy atom. The van der Waals surface area contributed by atoms with Gasteiger partial charge in [-0.15, -0.1) is 0 Å². The molecule has 0 bridgehead atoms. The summed E-state index contributed by atoms with van der Waals surface area (Å²) in [5.74, 6) is 0. The number of rotatable bonds is 3. The van der Waals surface area contributed by atoms with Gasteiger partial charge in [0.05, 0.1) is 13.7 Å². The highest BCUT2D eigenvalue weighted by Crippen LogP contribution is 1.88. The average Bonchev–Trinajstić information content (AvgIpc) is 2.18. The van der Waals surface area contributed by atoms with Crippen LogP contribution in [-0.2, 0) is 25.5 Å². The van der Waals surface area contributed by atoms with E-state index in [4.69, 9.17) is 0 Å². The van der Waals surface area contributed by atoms with Crippen molar-refractivity contribution >= 4 is 0 Å². The van der Waals surface area contributed by atoms with Gasteiger partial charge in [0.15, 0.2) is 0 Å². The molecule has 0 amide bonds. The van der Waals surface area contributed by atoms with Gasteiger partial charge in [0.1, 0.15) is 0 Å². The molecule has 0 spiro atoms. The molecule has 1 N–H and O–H groups in total. The van der Waals surface area contributed by atoms with Crippen LogP contribution in [0.15, 0.2) is 15.7 Å². The van der Waals surface area contributed by atoms with Gasteiger partial charge in [0.25, 0.3) is 5.56 Å². The van der Waals surface area contributed by atoms with Gasteiger partial charge >= 0.3 is 5.69 Å². The fourth-order valence-electron chi connectivity index (χ4n) is 1.09. The number of aromatic nitrogens is 2. The van der Waals surface area contributed by atoms with E-state index in [1.807, 2.05) is 0 Å². The van der Waals surface area contributed by atoms with Crippen molar-refractivity contribution in [3.05, 3.63) is 32.6 Å². The quantitative estimate of drug-likeness (QED) is 0.617. The minimum atomic E-state index is -0.342. The van der Waals surface area contributed by atoms with Crippen LogP contribution in [0.3, 0.4) is 0 Å². The van der Waals surface area contributed by atoms with Crippen LogP contribution < -0.4 is 16.7 Å². The summed E-state index contributed by atoms with van der Waals surface area (Å²) in [6.45, 7) is 0.318. The highest BCUT2D eigenvalue weighted by Gasteiger charge is 2.04. The van der Waals surface area contributed by atoms with Crippen molar-refractivity contribution in [1.82, 2.24) is 14.6 Å². The third kappa shape index (κ3) is 1.91. The van der Waals surface area contributed by atoms with Crippen molar-refractivity contribution in [1.29, 1.82) is 0 Å². The summed E-state index contributed by atoms with van der Waals surface area (Å²) < 4.78 is 2.45. The van der Waals surface area contributed by atoms with Gasteiger partial charge < -0.3 is 4.84 Å². The molecule has 14 heavy (non-hydrogen) atoms. The van der Waals surface area contributed by atoms with E-state index >= 15 is 0 Å². The molecule has 0 fully saturated rings. The van der Waals surface area contributed by atoms with Crippen LogP contribution in [0.1, 0.15) is 5.69 Å². The number of hydrogen-bond acceptors (Lipinski definition) is 4. The maximum Gasteiger partial charge on any atom is 0.330 e. The molecule has 0 atom stereocenters. The van der Waals surface area contributed by atoms with E-state index in [-0.39, 0.29) is 11.2 Å². The number of hydrogen-bond donors (Lipinski definition) is 1. The fraction of sp³-hybridized carbons (Fsp3) is 0.500. The molecule has 0 radical (unpaired) electrons. The third-order valence-corrected chi connectivity index (χ3v) is 2.02. The van der Waals surface area contributed by atoms with E-state index in [2.05, 4.69) is 10.3 Å². The zero-order valence-electron chi connectivity index (χ0n) is 8.40. The van der Waals surface area contributed by atoms with Crippen molar-refractivity contribution in [3.8, 4) is 0 Å². The first-order chi connectivity index (χ1) is 6.57. The molecule has 0 saturated heterocycles. The smallest absolute Gasteiger partial charge is 0.305 e. The number of nitrogens with one attached hydrogen (secondary N) is 1. The summed E-state index contributed by atoms with van der Waals surface area (Å²) in [4.78, 5) is 27.3. The van der Waals surface area contributed by atoms with Crippen molar-refractivity contribution in [2.75, 3.05) is 7.11 Å². The lowest BCUT2D eigenvalue weighted by molar-refractivity contribution is 0.0848. The predicted molar refractivity (Wildman–Crippen MR) is 50.8 cm³/mol. The van der Waals surface area contributed by atoms with Gasteiger partial charge in [-0.25, -0.2) is 4.79 Å². The maximum atomic E-state index is 11.4.